The second-order valence-electron chi connectivity index (χ2n) is 6.34. The van der Waals surface area contributed by atoms with E-state index < -0.39 is 5.82 Å². The zero-order valence-electron chi connectivity index (χ0n) is 14.3. The molecule has 27 heavy (non-hydrogen) atoms. The largest absolute Gasteiger partial charge is 0.487 e. The van der Waals surface area contributed by atoms with Crippen LogP contribution in [0.3, 0.4) is 0 Å². The molecule has 1 aliphatic heterocycles. The summed E-state index contributed by atoms with van der Waals surface area (Å²) in [6.45, 7) is 0.317. The van der Waals surface area contributed by atoms with E-state index in [9.17, 15) is 9.18 Å². The molecule has 2 heterocycles. The van der Waals surface area contributed by atoms with Crippen LogP contribution in [0.2, 0.25) is 5.02 Å². The van der Waals surface area contributed by atoms with Crippen LogP contribution in [0.4, 0.5) is 4.39 Å². The Morgan fingerprint density at radius 3 is 2.81 bits per heavy atom. The maximum absolute atomic E-state index is 13.3. The number of nitrogens with one attached hydrogen (secondary N) is 1. The van der Waals surface area contributed by atoms with Crippen molar-refractivity contribution in [3.8, 4) is 16.9 Å². The van der Waals surface area contributed by atoms with Crippen LogP contribution in [0.25, 0.3) is 11.1 Å². The van der Waals surface area contributed by atoms with Crippen LogP contribution in [0.1, 0.15) is 15.9 Å². The predicted molar refractivity (Wildman–Crippen MR) is 102 cm³/mol. The molecule has 0 saturated carbocycles. The number of hydrogen-bond donors (Lipinski definition) is 1. The van der Waals surface area contributed by atoms with Gasteiger partial charge in [0.25, 0.3) is 5.91 Å². The number of carbonyl (C=O) groups excluding carboxylic acids is 1. The number of halogens is 2. The van der Waals surface area contributed by atoms with Crippen molar-refractivity contribution in [2.75, 3.05) is 6.54 Å². The van der Waals surface area contributed by atoms with E-state index in [-0.39, 0.29) is 17.6 Å². The first kappa shape index (κ1) is 17.5. The number of amides is 1. The van der Waals surface area contributed by atoms with Gasteiger partial charge in [-0.2, -0.15) is 0 Å². The Hall–Kier alpha value is -2.92. The van der Waals surface area contributed by atoms with Crippen LogP contribution < -0.4 is 10.1 Å². The molecule has 0 spiro atoms. The number of aromatic nitrogens is 1. The molecule has 0 unspecified atom stereocenters. The molecule has 1 atom stereocenters. The van der Waals surface area contributed by atoms with Crippen molar-refractivity contribution in [1.82, 2.24) is 10.3 Å². The van der Waals surface area contributed by atoms with Gasteiger partial charge < -0.3 is 10.1 Å². The third kappa shape index (κ3) is 3.78. The van der Waals surface area contributed by atoms with Gasteiger partial charge in [-0.1, -0.05) is 17.7 Å². The minimum Gasteiger partial charge on any atom is -0.487 e. The summed E-state index contributed by atoms with van der Waals surface area (Å²) in [5, 5.41) is 3.44. The minimum absolute atomic E-state index is 0.212. The van der Waals surface area contributed by atoms with E-state index in [1.165, 1.54) is 18.2 Å². The van der Waals surface area contributed by atoms with Gasteiger partial charge in [-0.15, -0.1) is 0 Å². The molecule has 6 heteroatoms. The highest BCUT2D eigenvalue weighted by Gasteiger charge is 2.27. The molecule has 1 aromatic heterocycles. The first-order chi connectivity index (χ1) is 13.1. The number of fused-ring (bicyclic) bond motifs is 1. The monoisotopic (exact) mass is 382 g/mol. The number of nitrogens with zero attached hydrogens (tertiary/aromatic N) is 1. The Labute approximate surface area is 161 Å². The molecular formula is C21H16ClFN2O2. The number of pyridine rings is 1. The summed E-state index contributed by atoms with van der Waals surface area (Å²) in [4.78, 5) is 16.2. The van der Waals surface area contributed by atoms with Gasteiger partial charge >= 0.3 is 0 Å². The summed E-state index contributed by atoms with van der Waals surface area (Å²) in [5.74, 6) is 0.000793. The number of benzene rings is 2. The first-order valence-corrected chi connectivity index (χ1v) is 8.91. The SMILES string of the molecule is O=C(NC[C@H]1Cc2cc(Cl)cc(-c3ccncc3)c2O1)c1cccc(F)c1. The third-order valence-corrected chi connectivity index (χ3v) is 4.65. The molecule has 0 aliphatic carbocycles. The highest BCUT2D eigenvalue weighted by molar-refractivity contribution is 6.31. The molecule has 3 aromatic rings. The maximum atomic E-state index is 13.3. The summed E-state index contributed by atoms with van der Waals surface area (Å²) in [7, 11) is 0. The van der Waals surface area contributed by atoms with Crippen molar-refractivity contribution >= 4 is 17.5 Å². The summed E-state index contributed by atoms with van der Waals surface area (Å²) >= 11 is 6.27. The second-order valence-corrected chi connectivity index (χ2v) is 6.78. The van der Waals surface area contributed by atoms with Crippen LogP contribution in [0.5, 0.6) is 5.75 Å². The van der Waals surface area contributed by atoms with E-state index in [2.05, 4.69) is 10.3 Å². The normalized spacial score (nSPS) is 15.1. The van der Waals surface area contributed by atoms with Gasteiger partial charge in [-0.25, -0.2) is 4.39 Å². The molecule has 0 fully saturated rings. The molecular weight excluding hydrogens is 367 g/mol. The molecule has 0 radical (unpaired) electrons. The molecule has 136 valence electrons. The van der Waals surface area contributed by atoms with Crippen LogP contribution in [-0.4, -0.2) is 23.5 Å². The van der Waals surface area contributed by atoms with Crippen molar-refractivity contribution in [2.45, 2.75) is 12.5 Å². The van der Waals surface area contributed by atoms with Gasteiger partial charge in [0.1, 0.15) is 17.7 Å². The number of carbonyl (C=O) groups is 1. The Morgan fingerprint density at radius 2 is 2.04 bits per heavy atom. The lowest BCUT2D eigenvalue weighted by molar-refractivity contribution is 0.0933. The van der Waals surface area contributed by atoms with E-state index in [0.29, 0.717) is 18.0 Å². The number of hydrogen-bond acceptors (Lipinski definition) is 3. The fourth-order valence-electron chi connectivity index (χ4n) is 3.19. The quantitative estimate of drug-likeness (QED) is 0.733. The van der Waals surface area contributed by atoms with E-state index in [4.69, 9.17) is 16.3 Å². The zero-order chi connectivity index (χ0) is 18.8. The fraction of sp³-hybridized carbons (Fsp3) is 0.143. The van der Waals surface area contributed by atoms with E-state index in [0.717, 1.165) is 22.4 Å². The summed E-state index contributed by atoms with van der Waals surface area (Å²) in [5.41, 5.74) is 3.15. The van der Waals surface area contributed by atoms with Gasteiger partial charge in [0.15, 0.2) is 0 Å². The molecule has 1 N–H and O–H groups in total. The average molecular weight is 383 g/mol. The molecule has 0 bridgehead atoms. The topological polar surface area (TPSA) is 51.2 Å². The molecule has 4 nitrogen and oxygen atoms in total. The molecule has 2 aromatic carbocycles. The first-order valence-electron chi connectivity index (χ1n) is 8.53. The Bertz CT molecular complexity index is 995. The van der Waals surface area contributed by atoms with E-state index >= 15 is 0 Å². The molecule has 1 aliphatic rings. The average Bonchev–Trinajstić information content (AvgIpc) is 3.09. The van der Waals surface area contributed by atoms with Gasteiger partial charge in [-0.05, 0) is 48.0 Å². The van der Waals surface area contributed by atoms with Crippen LogP contribution in [0, 0.1) is 5.82 Å². The summed E-state index contributed by atoms with van der Waals surface area (Å²) < 4.78 is 19.4. The Kier molecular flexibility index (Phi) is 4.77. The lowest BCUT2D eigenvalue weighted by Gasteiger charge is -2.14. The van der Waals surface area contributed by atoms with Crippen molar-refractivity contribution in [1.29, 1.82) is 0 Å². The Balaban J connectivity index is 1.49. The zero-order valence-corrected chi connectivity index (χ0v) is 15.0. The highest BCUT2D eigenvalue weighted by Crippen LogP contribution is 2.40. The number of ether oxygens (including phenoxy) is 1. The minimum atomic E-state index is -0.441. The predicted octanol–water partition coefficient (Wildman–Crippen LogP) is 4.27. The van der Waals surface area contributed by atoms with E-state index in [1.54, 1.807) is 18.5 Å². The van der Waals surface area contributed by atoms with Gasteiger partial charge in [-0.3, -0.25) is 9.78 Å². The fourth-order valence-corrected chi connectivity index (χ4v) is 3.43. The smallest absolute Gasteiger partial charge is 0.251 e. The van der Waals surface area contributed by atoms with Crippen LogP contribution in [-0.2, 0) is 6.42 Å². The summed E-state index contributed by atoms with van der Waals surface area (Å²) in [6.07, 6.45) is 3.86. The Morgan fingerprint density at radius 1 is 1.22 bits per heavy atom. The van der Waals surface area contributed by atoms with E-state index in [1.807, 2.05) is 24.3 Å². The third-order valence-electron chi connectivity index (χ3n) is 4.43. The van der Waals surface area contributed by atoms with Gasteiger partial charge in [0.05, 0.1) is 6.54 Å². The van der Waals surface area contributed by atoms with Crippen molar-refractivity contribution < 1.29 is 13.9 Å². The van der Waals surface area contributed by atoms with Crippen molar-refractivity contribution in [3.05, 3.63) is 82.9 Å². The van der Waals surface area contributed by atoms with Crippen molar-refractivity contribution in [2.24, 2.45) is 0 Å². The summed E-state index contributed by atoms with van der Waals surface area (Å²) in [6, 6.07) is 13.1. The lowest BCUT2D eigenvalue weighted by Crippen LogP contribution is -2.34. The highest BCUT2D eigenvalue weighted by atomic mass is 35.5. The lowest BCUT2D eigenvalue weighted by atomic mass is 10.0. The second kappa shape index (κ2) is 7.37. The molecule has 4 rings (SSSR count). The van der Waals surface area contributed by atoms with Crippen molar-refractivity contribution in [3.63, 3.8) is 0 Å². The maximum Gasteiger partial charge on any atom is 0.251 e. The van der Waals surface area contributed by atoms with Gasteiger partial charge in [0.2, 0.25) is 0 Å². The van der Waals surface area contributed by atoms with Crippen LogP contribution >= 0.6 is 11.6 Å². The standard InChI is InChI=1S/C21H16ClFN2O2/c22-16-8-15-10-18(12-25-21(26)14-2-1-3-17(23)9-14)27-20(15)19(11-16)13-4-6-24-7-5-13/h1-9,11,18H,10,12H2,(H,25,26)/t18-/m1/s1. The molecule has 1 amide bonds. The number of rotatable bonds is 4. The van der Waals surface area contributed by atoms with Crippen LogP contribution in [0.15, 0.2) is 60.9 Å². The molecule has 0 saturated heterocycles. The van der Waals surface area contributed by atoms with Gasteiger partial charge in [0, 0.05) is 40.5 Å².